The minimum Gasteiger partial charge on any atom is -0.490 e. The molecular weight excluding hydrogens is 468 g/mol. The molecule has 0 fully saturated rings. The van der Waals surface area contributed by atoms with Gasteiger partial charge in [-0.05, 0) is 67.9 Å². The first kappa shape index (κ1) is 25.9. The lowest BCUT2D eigenvalue weighted by Crippen LogP contribution is -2.16. The monoisotopic (exact) mass is 498 g/mol. The summed E-state index contributed by atoms with van der Waals surface area (Å²) in [7, 11) is -3.37. The SMILES string of the molecule is CCCS(=O)(=O)Nc1ccc(NC(=O)c2ccc(OCCOc3ccccc3)c(OCC)c2)cc1. The Labute approximate surface area is 206 Å². The minimum atomic E-state index is -3.37. The summed E-state index contributed by atoms with van der Waals surface area (Å²) in [5, 5.41) is 2.80. The second-order valence-corrected chi connectivity index (χ2v) is 9.40. The van der Waals surface area contributed by atoms with Crippen LogP contribution in [0.1, 0.15) is 30.6 Å². The third-order valence-corrected chi connectivity index (χ3v) is 6.24. The lowest BCUT2D eigenvalue weighted by Gasteiger charge is -2.14. The molecule has 0 saturated carbocycles. The van der Waals surface area contributed by atoms with Crippen LogP contribution in [0.15, 0.2) is 72.8 Å². The van der Waals surface area contributed by atoms with Crippen LogP contribution < -0.4 is 24.2 Å². The Kier molecular flexibility index (Phi) is 9.37. The quantitative estimate of drug-likeness (QED) is 0.323. The van der Waals surface area contributed by atoms with Crippen LogP contribution in [0.4, 0.5) is 11.4 Å². The molecule has 8 nitrogen and oxygen atoms in total. The van der Waals surface area contributed by atoms with Gasteiger partial charge in [0.1, 0.15) is 19.0 Å². The van der Waals surface area contributed by atoms with Gasteiger partial charge in [0, 0.05) is 16.9 Å². The summed E-state index contributed by atoms with van der Waals surface area (Å²) in [5.41, 5.74) is 1.37. The van der Waals surface area contributed by atoms with Crippen LogP contribution in [0.3, 0.4) is 0 Å². The van der Waals surface area contributed by atoms with E-state index in [9.17, 15) is 13.2 Å². The highest BCUT2D eigenvalue weighted by Gasteiger charge is 2.13. The Morgan fingerprint density at radius 2 is 1.49 bits per heavy atom. The van der Waals surface area contributed by atoms with Crippen molar-refractivity contribution in [3.63, 3.8) is 0 Å². The standard InChI is InChI=1S/C26H30N2O6S/c1-3-18-35(30,31)28-22-13-11-21(12-14-22)27-26(29)20-10-15-24(25(19-20)32-4-2)34-17-16-33-23-8-6-5-7-9-23/h5-15,19,28H,3-4,16-18H2,1-2H3,(H,27,29). The Balaban J connectivity index is 1.59. The number of para-hydroxylation sites is 1. The van der Waals surface area contributed by atoms with Crippen molar-refractivity contribution in [3.05, 3.63) is 78.4 Å². The van der Waals surface area contributed by atoms with E-state index in [0.717, 1.165) is 5.75 Å². The maximum Gasteiger partial charge on any atom is 0.255 e. The van der Waals surface area contributed by atoms with E-state index >= 15 is 0 Å². The number of hydrogen-bond donors (Lipinski definition) is 2. The van der Waals surface area contributed by atoms with Gasteiger partial charge in [0.2, 0.25) is 10.0 Å². The molecule has 35 heavy (non-hydrogen) atoms. The van der Waals surface area contributed by atoms with E-state index in [1.54, 1.807) is 49.4 Å². The molecule has 3 aromatic rings. The van der Waals surface area contributed by atoms with Gasteiger partial charge >= 0.3 is 0 Å². The van der Waals surface area contributed by atoms with Gasteiger partial charge in [-0.25, -0.2) is 8.42 Å². The van der Waals surface area contributed by atoms with Gasteiger partial charge in [-0.2, -0.15) is 0 Å². The second kappa shape index (κ2) is 12.7. The summed E-state index contributed by atoms with van der Waals surface area (Å²) >= 11 is 0. The third kappa shape index (κ3) is 8.22. The van der Waals surface area contributed by atoms with E-state index in [1.165, 1.54) is 0 Å². The molecule has 0 unspecified atom stereocenters. The van der Waals surface area contributed by atoms with Gasteiger partial charge in [-0.3, -0.25) is 9.52 Å². The molecular formula is C26H30N2O6S. The van der Waals surface area contributed by atoms with E-state index in [-0.39, 0.29) is 11.7 Å². The predicted molar refractivity (Wildman–Crippen MR) is 137 cm³/mol. The number of rotatable bonds is 13. The molecule has 9 heteroatoms. The lowest BCUT2D eigenvalue weighted by atomic mass is 10.1. The summed E-state index contributed by atoms with van der Waals surface area (Å²) < 4.78 is 43.4. The molecule has 0 aliphatic rings. The first-order valence-electron chi connectivity index (χ1n) is 11.4. The Hall–Kier alpha value is -3.72. The van der Waals surface area contributed by atoms with Crippen LogP contribution >= 0.6 is 0 Å². The van der Waals surface area contributed by atoms with Crippen molar-refractivity contribution in [2.45, 2.75) is 20.3 Å². The predicted octanol–water partition coefficient (Wildman–Crippen LogP) is 4.95. The summed E-state index contributed by atoms with van der Waals surface area (Å²) in [6.07, 6.45) is 0.526. The van der Waals surface area contributed by atoms with Crippen molar-refractivity contribution in [2.24, 2.45) is 0 Å². The molecule has 0 aliphatic heterocycles. The van der Waals surface area contributed by atoms with E-state index in [4.69, 9.17) is 14.2 Å². The van der Waals surface area contributed by atoms with Crippen LogP contribution in [0.2, 0.25) is 0 Å². The topological polar surface area (TPSA) is 103 Å². The Morgan fingerprint density at radius 1 is 0.800 bits per heavy atom. The third-order valence-electron chi connectivity index (χ3n) is 4.75. The number of benzene rings is 3. The number of sulfonamides is 1. The van der Waals surface area contributed by atoms with Crippen LogP contribution in [-0.2, 0) is 10.0 Å². The van der Waals surface area contributed by atoms with Crippen molar-refractivity contribution in [2.75, 3.05) is 35.6 Å². The minimum absolute atomic E-state index is 0.0490. The molecule has 0 atom stereocenters. The fourth-order valence-corrected chi connectivity index (χ4v) is 4.32. The zero-order valence-corrected chi connectivity index (χ0v) is 20.6. The number of amides is 1. The highest BCUT2D eigenvalue weighted by Crippen LogP contribution is 2.29. The summed E-state index contributed by atoms with van der Waals surface area (Å²) in [6.45, 7) is 4.74. The van der Waals surface area contributed by atoms with Crippen molar-refractivity contribution in [1.29, 1.82) is 0 Å². The van der Waals surface area contributed by atoms with Gasteiger partial charge < -0.3 is 19.5 Å². The molecule has 1 amide bonds. The molecule has 0 radical (unpaired) electrons. The molecule has 186 valence electrons. The average Bonchev–Trinajstić information content (AvgIpc) is 2.84. The molecule has 0 heterocycles. The van der Waals surface area contributed by atoms with Gasteiger partial charge in [0.25, 0.3) is 5.91 Å². The smallest absolute Gasteiger partial charge is 0.255 e. The number of anilines is 2. The highest BCUT2D eigenvalue weighted by molar-refractivity contribution is 7.92. The van der Waals surface area contributed by atoms with Crippen molar-refractivity contribution in [3.8, 4) is 17.2 Å². The number of carbonyl (C=O) groups is 1. The van der Waals surface area contributed by atoms with E-state index < -0.39 is 10.0 Å². The number of carbonyl (C=O) groups excluding carboxylic acids is 1. The lowest BCUT2D eigenvalue weighted by molar-refractivity contribution is 0.102. The number of hydrogen-bond acceptors (Lipinski definition) is 6. The van der Waals surface area contributed by atoms with Gasteiger partial charge in [0.05, 0.1) is 12.4 Å². The van der Waals surface area contributed by atoms with Crippen molar-refractivity contribution < 1.29 is 27.4 Å². The Bertz CT molecular complexity index is 1200. The summed E-state index contributed by atoms with van der Waals surface area (Å²) in [4.78, 5) is 12.8. The molecule has 0 saturated heterocycles. The molecule has 2 N–H and O–H groups in total. The van der Waals surface area contributed by atoms with Gasteiger partial charge in [0.15, 0.2) is 11.5 Å². The first-order chi connectivity index (χ1) is 16.9. The summed E-state index contributed by atoms with van der Waals surface area (Å²) in [6, 6.07) is 20.9. The van der Waals surface area contributed by atoms with Crippen LogP contribution in [0, 0.1) is 0 Å². The van der Waals surface area contributed by atoms with E-state index in [2.05, 4.69) is 10.0 Å². The molecule has 0 aromatic heterocycles. The maximum atomic E-state index is 12.8. The van der Waals surface area contributed by atoms with Crippen LogP contribution in [0.5, 0.6) is 17.2 Å². The fraction of sp³-hybridized carbons (Fsp3) is 0.269. The maximum absolute atomic E-state index is 12.8. The molecule has 3 aromatic carbocycles. The van der Waals surface area contributed by atoms with Crippen LogP contribution in [-0.4, -0.2) is 39.9 Å². The Morgan fingerprint density at radius 3 is 2.17 bits per heavy atom. The largest absolute Gasteiger partial charge is 0.490 e. The molecule has 3 rings (SSSR count). The molecule has 0 bridgehead atoms. The molecule has 0 aliphatic carbocycles. The summed E-state index contributed by atoms with van der Waals surface area (Å²) in [5.74, 6) is 1.46. The second-order valence-electron chi connectivity index (χ2n) is 7.56. The van der Waals surface area contributed by atoms with Crippen molar-refractivity contribution >= 4 is 27.3 Å². The van der Waals surface area contributed by atoms with Gasteiger partial charge in [-0.1, -0.05) is 25.1 Å². The normalized spacial score (nSPS) is 10.9. The molecule has 0 spiro atoms. The fourth-order valence-electron chi connectivity index (χ4n) is 3.19. The first-order valence-corrected chi connectivity index (χ1v) is 13.0. The zero-order chi connectivity index (χ0) is 25.1. The number of nitrogens with one attached hydrogen (secondary N) is 2. The highest BCUT2D eigenvalue weighted by atomic mass is 32.2. The van der Waals surface area contributed by atoms with Crippen molar-refractivity contribution in [1.82, 2.24) is 0 Å². The van der Waals surface area contributed by atoms with E-state index in [1.807, 2.05) is 37.3 Å². The average molecular weight is 499 g/mol. The van der Waals surface area contributed by atoms with E-state index in [0.29, 0.717) is 54.7 Å². The zero-order valence-electron chi connectivity index (χ0n) is 19.8. The van der Waals surface area contributed by atoms with Crippen LogP contribution in [0.25, 0.3) is 0 Å². The van der Waals surface area contributed by atoms with Gasteiger partial charge in [-0.15, -0.1) is 0 Å². The number of ether oxygens (including phenoxy) is 3.